The Balaban J connectivity index is 0.00000420. The number of methoxy groups -OCH3 is 2. The molecule has 7 nitrogen and oxygen atoms in total. The molecule has 1 aliphatic heterocycles. The van der Waals surface area contributed by atoms with Crippen molar-refractivity contribution in [2.24, 2.45) is 4.99 Å². The van der Waals surface area contributed by atoms with Gasteiger partial charge in [0.25, 0.3) is 0 Å². The fourth-order valence-electron chi connectivity index (χ4n) is 3.22. The van der Waals surface area contributed by atoms with Crippen molar-refractivity contribution < 1.29 is 14.2 Å². The van der Waals surface area contributed by atoms with Gasteiger partial charge in [0.15, 0.2) is 17.5 Å². The lowest BCUT2D eigenvalue weighted by Gasteiger charge is -2.33. The van der Waals surface area contributed by atoms with Gasteiger partial charge < -0.3 is 29.7 Å². The summed E-state index contributed by atoms with van der Waals surface area (Å²) in [5.41, 5.74) is 0. The lowest BCUT2D eigenvalue weighted by atomic mass is 10.1. The molecule has 8 heteroatoms. The molecule has 2 rings (SSSR count). The molecule has 2 N–H and O–H groups in total. The van der Waals surface area contributed by atoms with Gasteiger partial charge in [0.1, 0.15) is 6.10 Å². The number of hydrogen-bond acceptors (Lipinski definition) is 5. The van der Waals surface area contributed by atoms with E-state index in [1.54, 1.807) is 14.2 Å². The van der Waals surface area contributed by atoms with Gasteiger partial charge in [0.05, 0.1) is 20.3 Å². The first kappa shape index (κ1) is 25.8. The van der Waals surface area contributed by atoms with Crippen LogP contribution < -0.4 is 20.1 Å². The summed E-state index contributed by atoms with van der Waals surface area (Å²) >= 11 is 0. The lowest BCUT2D eigenvalue weighted by Crippen LogP contribution is -2.49. The minimum absolute atomic E-state index is 0. The van der Waals surface area contributed by atoms with E-state index in [0.717, 1.165) is 63.1 Å². The summed E-state index contributed by atoms with van der Waals surface area (Å²) in [6, 6.07) is 8.14. The van der Waals surface area contributed by atoms with Crippen LogP contribution in [0.3, 0.4) is 0 Å². The molecule has 1 aromatic carbocycles. The number of piperidine rings is 1. The predicted molar refractivity (Wildman–Crippen MR) is 129 cm³/mol. The highest BCUT2D eigenvalue weighted by atomic mass is 127. The number of para-hydroxylation sites is 2. The predicted octanol–water partition coefficient (Wildman–Crippen LogP) is 2.75. The van der Waals surface area contributed by atoms with Crippen LogP contribution >= 0.6 is 24.0 Å². The average molecular weight is 520 g/mol. The lowest BCUT2D eigenvalue weighted by molar-refractivity contribution is 0.128. The van der Waals surface area contributed by atoms with Crippen LogP contribution in [-0.4, -0.2) is 76.6 Å². The number of hydrogen-bond donors (Lipinski definition) is 2. The quantitative estimate of drug-likeness (QED) is 0.281. The van der Waals surface area contributed by atoms with E-state index in [9.17, 15) is 0 Å². The third-order valence-electron chi connectivity index (χ3n) is 4.79. The minimum Gasteiger partial charge on any atom is -0.493 e. The summed E-state index contributed by atoms with van der Waals surface area (Å²) in [5, 5.41) is 6.92. The molecule has 0 saturated carbocycles. The third-order valence-corrected chi connectivity index (χ3v) is 4.79. The van der Waals surface area contributed by atoms with Gasteiger partial charge >= 0.3 is 0 Å². The molecule has 166 valence electrons. The van der Waals surface area contributed by atoms with Crippen molar-refractivity contribution in [3.05, 3.63) is 24.3 Å². The number of guanidine groups is 1. The summed E-state index contributed by atoms with van der Waals surface area (Å²) in [6.07, 6.45) is 2.17. The second-order valence-electron chi connectivity index (χ2n) is 7.05. The van der Waals surface area contributed by atoms with Crippen LogP contribution in [0.1, 0.15) is 26.7 Å². The van der Waals surface area contributed by atoms with Crippen molar-refractivity contribution >= 4 is 29.9 Å². The number of ether oxygens (including phenoxy) is 3. The highest BCUT2D eigenvalue weighted by molar-refractivity contribution is 14.0. The molecule has 1 unspecified atom stereocenters. The van der Waals surface area contributed by atoms with E-state index in [4.69, 9.17) is 19.2 Å². The van der Waals surface area contributed by atoms with Crippen LogP contribution in [0.5, 0.6) is 11.5 Å². The molecular formula is C21H37IN4O3. The number of halogens is 1. The number of rotatable bonds is 10. The van der Waals surface area contributed by atoms with Crippen molar-refractivity contribution in [3.8, 4) is 11.5 Å². The number of benzene rings is 1. The Labute approximate surface area is 192 Å². The second kappa shape index (κ2) is 14.7. The largest absolute Gasteiger partial charge is 0.493 e. The molecule has 1 aromatic rings. The van der Waals surface area contributed by atoms with Gasteiger partial charge in [-0.15, -0.1) is 24.0 Å². The Morgan fingerprint density at radius 3 is 2.52 bits per heavy atom. The molecule has 1 saturated heterocycles. The molecule has 0 amide bonds. The zero-order valence-electron chi connectivity index (χ0n) is 18.1. The number of aliphatic imine (C=N–C) groups is 1. The van der Waals surface area contributed by atoms with E-state index in [-0.39, 0.29) is 30.1 Å². The number of likely N-dealkylation sites (tertiary alicyclic amines) is 1. The van der Waals surface area contributed by atoms with Crippen LogP contribution in [0.15, 0.2) is 29.3 Å². The van der Waals surface area contributed by atoms with Gasteiger partial charge in [-0.05, 0) is 38.8 Å². The van der Waals surface area contributed by atoms with Gasteiger partial charge in [-0.3, -0.25) is 0 Å². The highest BCUT2D eigenvalue weighted by Gasteiger charge is 2.19. The minimum atomic E-state index is -0.0531. The summed E-state index contributed by atoms with van der Waals surface area (Å²) in [7, 11) is 3.41. The van der Waals surface area contributed by atoms with Crippen molar-refractivity contribution in [1.29, 1.82) is 0 Å². The van der Waals surface area contributed by atoms with Gasteiger partial charge in [-0.2, -0.15) is 0 Å². The van der Waals surface area contributed by atoms with Crippen LogP contribution in [0.2, 0.25) is 0 Å². The Morgan fingerprint density at radius 2 is 1.90 bits per heavy atom. The summed E-state index contributed by atoms with van der Waals surface area (Å²) in [4.78, 5) is 7.18. The topological polar surface area (TPSA) is 67.4 Å². The smallest absolute Gasteiger partial charge is 0.191 e. The van der Waals surface area contributed by atoms with Gasteiger partial charge in [-0.25, -0.2) is 4.99 Å². The molecule has 1 heterocycles. The summed E-state index contributed by atoms with van der Waals surface area (Å²) < 4.78 is 16.5. The van der Waals surface area contributed by atoms with Gasteiger partial charge in [-0.1, -0.05) is 12.1 Å². The first-order chi connectivity index (χ1) is 13.7. The maximum Gasteiger partial charge on any atom is 0.191 e. The molecule has 0 bridgehead atoms. The SMILES string of the molecule is CCNC(=NCC(C)Oc1ccccc1OC)NC1CCN(CCOC)CC1.I. The molecular weight excluding hydrogens is 483 g/mol. The molecule has 0 aromatic heterocycles. The second-order valence-corrected chi connectivity index (χ2v) is 7.05. The zero-order chi connectivity index (χ0) is 20.2. The highest BCUT2D eigenvalue weighted by Crippen LogP contribution is 2.26. The van der Waals surface area contributed by atoms with Crippen molar-refractivity contribution in [1.82, 2.24) is 15.5 Å². The van der Waals surface area contributed by atoms with Crippen molar-refractivity contribution in [3.63, 3.8) is 0 Å². The molecule has 29 heavy (non-hydrogen) atoms. The van der Waals surface area contributed by atoms with Crippen LogP contribution in [-0.2, 0) is 4.74 Å². The van der Waals surface area contributed by atoms with Crippen molar-refractivity contribution in [2.45, 2.75) is 38.8 Å². The normalized spacial score (nSPS) is 16.6. The van der Waals surface area contributed by atoms with Crippen LogP contribution in [0.4, 0.5) is 0 Å². The summed E-state index contributed by atoms with van der Waals surface area (Å²) in [6.45, 7) is 9.50. The fourth-order valence-corrected chi connectivity index (χ4v) is 3.22. The van der Waals surface area contributed by atoms with E-state index >= 15 is 0 Å². The first-order valence-electron chi connectivity index (χ1n) is 10.2. The average Bonchev–Trinajstić information content (AvgIpc) is 2.72. The van der Waals surface area contributed by atoms with Gasteiger partial charge in [0.2, 0.25) is 0 Å². The maximum absolute atomic E-state index is 6.00. The number of nitrogens with zero attached hydrogens (tertiary/aromatic N) is 2. The molecule has 0 aliphatic carbocycles. The van der Waals surface area contributed by atoms with E-state index in [2.05, 4.69) is 22.5 Å². The molecule has 1 aliphatic rings. The zero-order valence-corrected chi connectivity index (χ0v) is 20.5. The Bertz CT molecular complexity index is 595. The standard InChI is InChI=1S/C21H36N4O3.HI/c1-5-22-21(24-18-10-12-25(13-11-18)14-15-26-3)23-16-17(2)28-20-9-7-6-8-19(20)27-4;/h6-9,17-18H,5,10-16H2,1-4H3,(H2,22,23,24);1H. The number of nitrogens with one attached hydrogen (secondary N) is 2. The van der Waals surface area contributed by atoms with E-state index < -0.39 is 0 Å². The van der Waals surface area contributed by atoms with Crippen LogP contribution in [0.25, 0.3) is 0 Å². The van der Waals surface area contributed by atoms with E-state index in [1.165, 1.54) is 0 Å². The monoisotopic (exact) mass is 520 g/mol. The fraction of sp³-hybridized carbons (Fsp3) is 0.667. The maximum atomic E-state index is 6.00. The van der Waals surface area contributed by atoms with E-state index in [0.29, 0.717) is 12.6 Å². The molecule has 0 radical (unpaired) electrons. The molecule has 0 spiro atoms. The van der Waals surface area contributed by atoms with Crippen LogP contribution in [0, 0.1) is 0 Å². The Morgan fingerprint density at radius 1 is 1.21 bits per heavy atom. The molecule has 1 fully saturated rings. The van der Waals surface area contributed by atoms with Gasteiger partial charge in [0, 0.05) is 39.3 Å². The first-order valence-corrected chi connectivity index (χ1v) is 10.2. The third kappa shape index (κ3) is 9.39. The van der Waals surface area contributed by atoms with Crippen molar-refractivity contribution in [2.75, 3.05) is 53.6 Å². The Hall–Kier alpha value is -1.26. The molecule has 1 atom stereocenters. The van der Waals surface area contributed by atoms with E-state index in [1.807, 2.05) is 31.2 Å². The Kier molecular flexibility index (Phi) is 13.0. The summed E-state index contributed by atoms with van der Waals surface area (Å²) in [5.74, 6) is 2.34.